The topological polar surface area (TPSA) is 52.6 Å². The van der Waals surface area contributed by atoms with E-state index < -0.39 is 5.41 Å². The number of rotatable bonds is 7. The maximum absolute atomic E-state index is 11.7. The zero-order chi connectivity index (χ0) is 14.9. The van der Waals surface area contributed by atoms with E-state index in [0.717, 1.165) is 12.8 Å². The van der Waals surface area contributed by atoms with E-state index in [2.05, 4.69) is 0 Å². The molecule has 110 valence electrons. The first kappa shape index (κ1) is 17.7. The van der Waals surface area contributed by atoms with E-state index in [1.165, 1.54) is 0 Å². The lowest BCUT2D eigenvalue weighted by molar-refractivity contribution is -0.157. The molecular weight excluding hydrogens is 244 g/mol. The zero-order valence-electron chi connectivity index (χ0n) is 12.7. The van der Waals surface area contributed by atoms with Crippen LogP contribution < -0.4 is 0 Å². The Labute approximate surface area is 116 Å². The summed E-state index contributed by atoms with van der Waals surface area (Å²) in [5.74, 6) is -0.600. The monoisotopic (exact) mass is 270 g/mol. The van der Waals surface area contributed by atoms with Gasteiger partial charge in [0.25, 0.3) is 0 Å². The maximum Gasteiger partial charge on any atom is 0.333 e. The second-order valence-electron chi connectivity index (χ2n) is 5.41. The third kappa shape index (κ3) is 7.65. The van der Waals surface area contributed by atoms with Gasteiger partial charge in [0, 0.05) is 5.57 Å². The molecule has 0 aromatic heterocycles. The average Bonchev–Trinajstić information content (AvgIpc) is 2.32. The summed E-state index contributed by atoms with van der Waals surface area (Å²) in [7, 11) is 0. The quantitative estimate of drug-likeness (QED) is 0.405. The minimum Gasteiger partial charge on any atom is -0.462 e. The van der Waals surface area contributed by atoms with Crippen LogP contribution in [0.3, 0.4) is 0 Å². The number of hydrogen-bond acceptors (Lipinski definition) is 4. The van der Waals surface area contributed by atoms with Gasteiger partial charge in [-0.25, -0.2) is 4.79 Å². The second kappa shape index (κ2) is 8.73. The van der Waals surface area contributed by atoms with Crippen molar-refractivity contribution in [3.63, 3.8) is 0 Å². The Kier molecular flexibility index (Phi) is 8.12. The fraction of sp³-hybridized carbons (Fsp3) is 0.733. The first-order chi connectivity index (χ1) is 8.82. The molecule has 0 amide bonds. The molecule has 0 fully saturated rings. The van der Waals surface area contributed by atoms with Crippen molar-refractivity contribution in [2.45, 2.75) is 53.9 Å². The Morgan fingerprint density at radius 2 is 1.63 bits per heavy atom. The van der Waals surface area contributed by atoms with Crippen LogP contribution >= 0.6 is 0 Å². The summed E-state index contributed by atoms with van der Waals surface area (Å²) in [6.07, 6.45) is 4.31. The maximum atomic E-state index is 11.7. The summed E-state index contributed by atoms with van der Waals surface area (Å²) in [4.78, 5) is 23.2. The number of ether oxygens (including phenoxy) is 2. The Morgan fingerprint density at radius 3 is 2.11 bits per heavy atom. The number of hydrogen-bond donors (Lipinski definition) is 0. The molecule has 0 aromatic carbocycles. The lowest BCUT2D eigenvalue weighted by Crippen LogP contribution is -2.25. The fourth-order valence-electron chi connectivity index (χ4n) is 1.38. The van der Waals surface area contributed by atoms with E-state index >= 15 is 0 Å². The smallest absolute Gasteiger partial charge is 0.333 e. The summed E-state index contributed by atoms with van der Waals surface area (Å²) in [6.45, 7) is 9.55. The van der Waals surface area contributed by atoms with Gasteiger partial charge in [0.05, 0.1) is 5.41 Å². The number of carbonyl (C=O) groups is 2. The van der Waals surface area contributed by atoms with Crippen LogP contribution in [0.4, 0.5) is 0 Å². The fourth-order valence-corrected chi connectivity index (χ4v) is 1.38. The minimum atomic E-state index is -0.528. The van der Waals surface area contributed by atoms with Crippen LogP contribution in [0.15, 0.2) is 11.6 Å². The molecule has 0 rings (SSSR count). The van der Waals surface area contributed by atoms with Crippen LogP contribution in [0.1, 0.15) is 53.9 Å². The Morgan fingerprint density at radius 1 is 1.05 bits per heavy atom. The van der Waals surface area contributed by atoms with Crippen LogP contribution in [0, 0.1) is 5.41 Å². The normalized spacial score (nSPS) is 12.2. The summed E-state index contributed by atoms with van der Waals surface area (Å²) >= 11 is 0. The van der Waals surface area contributed by atoms with Crippen molar-refractivity contribution in [2.24, 2.45) is 5.41 Å². The molecule has 0 atom stereocenters. The summed E-state index contributed by atoms with van der Waals surface area (Å²) in [6, 6.07) is 0. The third-order valence-corrected chi connectivity index (χ3v) is 2.39. The molecule has 0 heterocycles. The molecule has 19 heavy (non-hydrogen) atoms. The van der Waals surface area contributed by atoms with Gasteiger partial charge in [0.15, 0.2) is 0 Å². The lowest BCUT2D eigenvalue weighted by atomic mass is 9.97. The van der Waals surface area contributed by atoms with E-state index in [4.69, 9.17) is 9.47 Å². The number of carbonyl (C=O) groups excluding carboxylic acids is 2. The third-order valence-electron chi connectivity index (χ3n) is 2.39. The van der Waals surface area contributed by atoms with Crippen LogP contribution in [0.25, 0.3) is 0 Å². The summed E-state index contributed by atoms with van der Waals surface area (Å²) in [5.41, 5.74) is 0.173. The largest absolute Gasteiger partial charge is 0.462 e. The lowest BCUT2D eigenvalue weighted by Gasteiger charge is -2.16. The first-order valence-electron chi connectivity index (χ1n) is 6.86. The molecule has 4 nitrogen and oxygen atoms in total. The molecule has 0 aliphatic heterocycles. The molecule has 0 unspecified atom stereocenters. The summed E-state index contributed by atoms with van der Waals surface area (Å²) in [5, 5.41) is 0. The molecule has 0 aliphatic carbocycles. The van der Waals surface area contributed by atoms with E-state index in [0.29, 0.717) is 12.0 Å². The van der Waals surface area contributed by atoms with Gasteiger partial charge in [0.1, 0.15) is 13.2 Å². The van der Waals surface area contributed by atoms with Gasteiger partial charge in [-0.1, -0.05) is 26.3 Å². The molecule has 0 saturated carbocycles. The first-order valence-corrected chi connectivity index (χ1v) is 6.86. The van der Waals surface area contributed by atoms with E-state index in [9.17, 15) is 9.59 Å². The van der Waals surface area contributed by atoms with E-state index in [1.807, 2.05) is 19.9 Å². The van der Waals surface area contributed by atoms with Gasteiger partial charge in [0.2, 0.25) is 0 Å². The predicted molar refractivity (Wildman–Crippen MR) is 74.7 cm³/mol. The van der Waals surface area contributed by atoms with E-state index in [1.54, 1.807) is 20.8 Å². The highest BCUT2D eigenvalue weighted by molar-refractivity contribution is 5.88. The standard InChI is InChI=1S/C15H26O4/c1-6-8-12(9-7-2)13(16)18-10-11-19-14(17)15(3,4)5/h8H,6-7,9-11H2,1-5H3/b12-8+. The van der Waals surface area contributed by atoms with Gasteiger partial charge in [-0.15, -0.1) is 0 Å². The minimum absolute atomic E-state index is 0.103. The average molecular weight is 270 g/mol. The van der Waals surface area contributed by atoms with Crippen molar-refractivity contribution in [1.29, 1.82) is 0 Å². The van der Waals surface area contributed by atoms with Crippen molar-refractivity contribution < 1.29 is 19.1 Å². The molecular formula is C15H26O4. The number of esters is 2. The molecule has 0 spiro atoms. The van der Waals surface area contributed by atoms with Gasteiger partial charge < -0.3 is 9.47 Å². The molecule has 0 aliphatic rings. The highest BCUT2D eigenvalue weighted by atomic mass is 16.6. The van der Waals surface area contributed by atoms with E-state index in [-0.39, 0.29) is 25.2 Å². The Bertz CT molecular complexity index is 324. The van der Waals surface area contributed by atoms with Crippen LogP contribution in [0.5, 0.6) is 0 Å². The molecule has 0 saturated heterocycles. The van der Waals surface area contributed by atoms with Crippen molar-refractivity contribution >= 4 is 11.9 Å². The van der Waals surface area contributed by atoms with Gasteiger partial charge in [-0.2, -0.15) is 0 Å². The summed E-state index contributed by atoms with van der Waals surface area (Å²) < 4.78 is 10.1. The van der Waals surface area contributed by atoms with Crippen molar-refractivity contribution in [1.82, 2.24) is 0 Å². The SMILES string of the molecule is CC/C=C(\CCC)C(=O)OCCOC(=O)C(C)(C)C. The molecule has 0 N–H and O–H groups in total. The van der Waals surface area contributed by atoms with Crippen LogP contribution in [0.2, 0.25) is 0 Å². The highest BCUT2D eigenvalue weighted by Gasteiger charge is 2.22. The van der Waals surface area contributed by atoms with Crippen LogP contribution in [-0.2, 0) is 19.1 Å². The van der Waals surface area contributed by atoms with Gasteiger partial charge in [-0.05, 0) is 33.6 Å². The number of allylic oxidation sites excluding steroid dienone is 1. The van der Waals surface area contributed by atoms with Crippen molar-refractivity contribution in [3.8, 4) is 0 Å². The predicted octanol–water partition coefficient (Wildman–Crippen LogP) is 3.26. The van der Waals surface area contributed by atoms with Crippen molar-refractivity contribution in [2.75, 3.05) is 13.2 Å². The Hall–Kier alpha value is -1.32. The highest BCUT2D eigenvalue weighted by Crippen LogP contribution is 2.15. The van der Waals surface area contributed by atoms with Gasteiger partial charge in [-0.3, -0.25) is 4.79 Å². The molecule has 4 heteroatoms. The molecule has 0 bridgehead atoms. The second-order valence-corrected chi connectivity index (χ2v) is 5.41. The van der Waals surface area contributed by atoms with Crippen LogP contribution in [-0.4, -0.2) is 25.2 Å². The van der Waals surface area contributed by atoms with Crippen molar-refractivity contribution in [3.05, 3.63) is 11.6 Å². The zero-order valence-corrected chi connectivity index (χ0v) is 12.7. The Balaban J connectivity index is 4.04. The van der Waals surface area contributed by atoms with Gasteiger partial charge >= 0.3 is 11.9 Å². The molecule has 0 radical (unpaired) electrons. The molecule has 0 aromatic rings.